The molecule has 0 aliphatic carbocycles. The molecule has 0 aliphatic heterocycles. The van der Waals surface area contributed by atoms with Gasteiger partial charge in [-0.15, -0.1) is 11.3 Å². The molecule has 7 heteroatoms. The summed E-state index contributed by atoms with van der Waals surface area (Å²) in [5.41, 5.74) is 0. The van der Waals surface area contributed by atoms with Crippen molar-refractivity contribution in [3.8, 4) is 0 Å². The van der Waals surface area contributed by atoms with Gasteiger partial charge in [0, 0.05) is 18.5 Å². The Morgan fingerprint density at radius 3 is 2.70 bits per heavy atom. The Balaban J connectivity index is 2.26. The van der Waals surface area contributed by atoms with E-state index in [9.17, 15) is 9.59 Å². The van der Waals surface area contributed by atoms with Gasteiger partial charge in [-0.1, -0.05) is 11.6 Å². The van der Waals surface area contributed by atoms with Gasteiger partial charge >= 0.3 is 12.0 Å². The van der Waals surface area contributed by atoms with Crippen molar-refractivity contribution < 1.29 is 14.3 Å². The molecule has 112 valence electrons. The first-order chi connectivity index (χ1) is 9.38. The third kappa shape index (κ3) is 6.25. The molecule has 1 aromatic rings. The summed E-state index contributed by atoms with van der Waals surface area (Å²) in [5.74, 6) is -0.312. The number of carbonyl (C=O) groups is 2. The lowest BCUT2D eigenvalue weighted by atomic mass is 10.4. The number of hydrogen-bond acceptors (Lipinski definition) is 4. The molecule has 0 atom stereocenters. The van der Waals surface area contributed by atoms with Crippen LogP contribution < -0.4 is 5.32 Å². The summed E-state index contributed by atoms with van der Waals surface area (Å²) in [4.78, 5) is 25.6. The Bertz CT molecular complexity index is 462. The van der Waals surface area contributed by atoms with Crippen molar-refractivity contribution in [3.63, 3.8) is 0 Å². The number of amides is 2. The zero-order chi connectivity index (χ0) is 15.1. The number of thiophene rings is 1. The zero-order valence-electron chi connectivity index (χ0n) is 11.8. The van der Waals surface area contributed by atoms with Crippen LogP contribution in [0.2, 0.25) is 4.34 Å². The lowest BCUT2D eigenvalue weighted by molar-refractivity contribution is -0.147. The van der Waals surface area contributed by atoms with Crippen LogP contribution in [0.4, 0.5) is 4.79 Å². The molecule has 0 unspecified atom stereocenters. The van der Waals surface area contributed by atoms with E-state index >= 15 is 0 Å². The van der Waals surface area contributed by atoms with Gasteiger partial charge in [0.15, 0.2) is 0 Å². The maximum Gasteiger partial charge on any atom is 0.317 e. The van der Waals surface area contributed by atoms with Crippen LogP contribution in [-0.4, -0.2) is 36.6 Å². The van der Waals surface area contributed by atoms with E-state index in [0.717, 1.165) is 4.88 Å². The van der Waals surface area contributed by atoms with Crippen molar-refractivity contribution >= 4 is 34.9 Å². The standard InChI is InChI=1S/C13H19ClN2O3S/c1-9(2)19-12(17)6-7-15-13(18)16(3)8-10-4-5-11(14)20-10/h4-5,9H,6-8H2,1-3H3,(H,15,18). The highest BCUT2D eigenvalue weighted by atomic mass is 35.5. The van der Waals surface area contributed by atoms with Gasteiger partial charge in [-0.3, -0.25) is 4.79 Å². The summed E-state index contributed by atoms with van der Waals surface area (Å²) < 4.78 is 5.67. The average Bonchev–Trinajstić information content (AvgIpc) is 2.73. The number of hydrogen-bond donors (Lipinski definition) is 1. The molecule has 1 aromatic heterocycles. The maximum absolute atomic E-state index is 11.8. The van der Waals surface area contributed by atoms with Gasteiger partial charge in [-0.05, 0) is 26.0 Å². The minimum atomic E-state index is -0.312. The molecular formula is C13H19ClN2O3S. The summed E-state index contributed by atoms with van der Waals surface area (Å²) >= 11 is 7.27. The van der Waals surface area contributed by atoms with Crippen LogP contribution in [0, 0.1) is 0 Å². The Labute approximate surface area is 127 Å². The molecule has 1 heterocycles. The zero-order valence-corrected chi connectivity index (χ0v) is 13.4. The SMILES string of the molecule is CC(C)OC(=O)CCNC(=O)N(C)Cc1ccc(Cl)s1. The van der Waals surface area contributed by atoms with Crippen LogP contribution in [-0.2, 0) is 16.1 Å². The molecule has 0 fully saturated rings. The second-order valence-electron chi connectivity index (χ2n) is 4.58. The van der Waals surface area contributed by atoms with E-state index < -0.39 is 0 Å². The quantitative estimate of drug-likeness (QED) is 0.820. The van der Waals surface area contributed by atoms with Gasteiger partial charge in [0.1, 0.15) is 0 Å². The van der Waals surface area contributed by atoms with Gasteiger partial charge in [-0.25, -0.2) is 4.79 Å². The fraction of sp³-hybridized carbons (Fsp3) is 0.538. The van der Waals surface area contributed by atoms with Gasteiger partial charge in [0.05, 0.1) is 23.4 Å². The largest absolute Gasteiger partial charge is 0.463 e. The molecule has 5 nitrogen and oxygen atoms in total. The van der Waals surface area contributed by atoms with E-state index in [1.165, 1.54) is 16.2 Å². The summed E-state index contributed by atoms with van der Waals surface area (Å²) in [6, 6.07) is 3.46. The maximum atomic E-state index is 11.8. The second-order valence-corrected chi connectivity index (χ2v) is 6.38. The lowest BCUT2D eigenvalue weighted by Crippen LogP contribution is -2.37. The predicted molar refractivity (Wildman–Crippen MR) is 80.0 cm³/mol. The number of halogens is 1. The Morgan fingerprint density at radius 2 is 2.15 bits per heavy atom. The minimum absolute atomic E-state index is 0.135. The van der Waals surface area contributed by atoms with Crippen molar-refractivity contribution in [2.75, 3.05) is 13.6 Å². The molecule has 0 bridgehead atoms. The molecule has 2 amide bonds. The molecule has 0 saturated carbocycles. The normalized spacial score (nSPS) is 10.4. The van der Waals surface area contributed by atoms with Crippen LogP contribution in [0.15, 0.2) is 12.1 Å². The number of esters is 1. The summed E-state index contributed by atoms with van der Waals surface area (Å²) in [5, 5.41) is 2.67. The van der Waals surface area contributed by atoms with Crippen molar-refractivity contribution in [3.05, 3.63) is 21.3 Å². The third-order valence-electron chi connectivity index (χ3n) is 2.34. The fourth-order valence-corrected chi connectivity index (χ4v) is 2.61. The second kappa shape index (κ2) is 8.11. The number of ether oxygens (including phenoxy) is 1. The Morgan fingerprint density at radius 1 is 1.45 bits per heavy atom. The number of carbonyl (C=O) groups excluding carboxylic acids is 2. The number of rotatable bonds is 6. The van der Waals surface area contributed by atoms with E-state index in [-0.39, 0.29) is 31.1 Å². The van der Waals surface area contributed by atoms with Gasteiger partial charge in [0.2, 0.25) is 0 Å². The molecule has 0 spiro atoms. The molecule has 0 aromatic carbocycles. The first kappa shape index (κ1) is 16.8. The van der Waals surface area contributed by atoms with Crippen molar-refractivity contribution in [2.24, 2.45) is 0 Å². The number of urea groups is 1. The van der Waals surface area contributed by atoms with Crippen molar-refractivity contribution in [1.82, 2.24) is 10.2 Å². The highest BCUT2D eigenvalue weighted by molar-refractivity contribution is 7.16. The first-order valence-corrected chi connectivity index (χ1v) is 7.50. The smallest absolute Gasteiger partial charge is 0.317 e. The molecule has 1 N–H and O–H groups in total. The monoisotopic (exact) mass is 318 g/mol. The summed E-state index contributed by atoms with van der Waals surface area (Å²) in [7, 11) is 1.69. The molecule has 0 saturated heterocycles. The van der Waals surface area contributed by atoms with Crippen LogP contribution in [0.5, 0.6) is 0 Å². The van der Waals surface area contributed by atoms with E-state index in [1.807, 2.05) is 6.07 Å². The van der Waals surface area contributed by atoms with Crippen LogP contribution in [0.1, 0.15) is 25.1 Å². The lowest BCUT2D eigenvalue weighted by Gasteiger charge is -2.17. The number of nitrogens with one attached hydrogen (secondary N) is 1. The Hall–Kier alpha value is -1.27. The van der Waals surface area contributed by atoms with E-state index in [2.05, 4.69) is 5.32 Å². The molecule has 1 rings (SSSR count). The Kier molecular flexibility index (Phi) is 6.81. The first-order valence-electron chi connectivity index (χ1n) is 6.31. The van der Waals surface area contributed by atoms with Crippen LogP contribution in [0.3, 0.4) is 0 Å². The van der Waals surface area contributed by atoms with Crippen molar-refractivity contribution in [2.45, 2.75) is 32.9 Å². The highest BCUT2D eigenvalue weighted by Gasteiger charge is 2.11. The van der Waals surface area contributed by atoms with Gasteiger partial charge in [0.25, 0.3) is 0 Å². The average molecular weight is 319 g/mol. The van der Waals surface area contributed by atoms with Crippen LogP contribution in [0.25, 0.3) is 0 Å². The molecule has 0 aliphatic rings. The molecular weight excluding hydrogens is 300 g/mol. The topological polar surface area (TPSA) is 58.6 Å². The fourth-order valence-electron chi connectivity index (χ4n) is 1.47. The minimum Gasteiger partial charge on any atom is -0.463 e. The summed E-state index contributed by atoms with van der Waals surface area (Å²) in [6.07, 6.45) is 0.0345. The van der Waals surface area contributed by atoms with Gasteiger partial charge < -0.3 is 15.0 Å². The van der Waals surface area contributed by atoms with Crippen molar-refractivity contribution in [1.29, 1.82) is 0 Å². The van der Waals surface area contributed by atoms with E-state index in [0.29, 0.717) is 10.9 Å². The van der Waals surface area contributed by atoms with Gasteiger partial charge in [-0.2, -0.15) is 0 Å². The van der Waals surface area contributed by atoms with Crippen LogP contribution >= 0.6 is 22.9 Å². The highest BCUT2D eigenvalue weighted by Crippen LogP contribution is 2.22. The molecule has 20 heavy (non-hydrogen) atoms. The number of nitrogens with zero attached hydrogens (tertiary/aromatic N) is 1. The summed E-state index contributed by atoms with van der Waals surface area (Å²) in [6.45, 7) is 4.33. The van der Waals surface area contributed by atoms with E-state index in [4.69, 9.17) is 16.3 Å². The predicted octanol–water partition coefficient (Wildman–Crippen LogP) is 2.88. The van der Waals surface area contributed by atoms with E-state index in [1.54, 1.807) is 27.0 Å². The molecule has 0 radical (unpaired) electrons. The third-order valence-corrected chi connectivity index (χ3v) is 3.56.